The molecular formula is C14H11F2NO2. The van der Waals surface area contributed by atoms with Gasteiger partial charge in [0.25, 0.3) is 0 Å². The van der Waals surface area contributed by atoms with Crippen molar-refractivity contribution in [3.8, 4) is 0 Å². The molecule has 3 rings (SSSR count). The Bertz CT molecular complexity index is 708. The molecule has 1 aromatic carbocycles. The smallest absolute Gasteiger partial charge is 0.336 e. The Balaban J connectivity index is 2.44. The first-order valence-corrected chi connectivity index (χ1v) is 6.01. The topological polar surface area (TPSA) is 50.2 Å². The fourth-order valence-corrected chi connectivity index (χ4v) is 2.45. The van der Waals surface area contributed by atoms with Crippen LogP contribution in [0.4, 0.5) is 8.78 Å². The van der Waals surface area contributed by atoms with E-state index in [4.69, 9.17) is 0 Å². The van der Waals surface area contributed by atoms with Gasteiger partial charge >= 0.3 is 5.97 Å². The van der Waals surface area contributed by atoms with Gasteiger partial charge in [-0.15, -0.1) is 0 Å². The molecule has 0 bridgehead atoms. The lowest BCUT2D eigenvalue weighted by atomic mass is 9.99. The molecule has 1 aliphatic carbocycles. The molecule has 0 amide bonds. The summed E-state index contributed by atoms with van der Waals surface area (Å²) in [5, 5.41) is 9.18. The number of nitrogens with zero attached hydrogens (tertiary/aromatic N) is 1. The lowest BCUT2D eigenvalue weighted by Crippen LogP contribution is -2.08. The number of benzene rings is 1. The van der Waals surface area contributed by atoms with E-state index in [0.717, 1.165) is 18.9 Å². The zero-order valence-corrected chi connectivity index (χ0v) is 10.2. The molecular weight excluding hydrogens is 252 g/mol. The van der Waals surface area contributed by atoms with E-state index in [1.54, 1.807) is 6.92 Å². The molecule has 0 saturated heterocycles. The fourth-order valence-electron chi connectivity index (χ4n) is 2.45. The van der Waals surface area contributed by atoms with Crippen LogP contribution in [0.3, 0.4) is 0 Å². The number of aromatic carboxylic acids is 1. The zero-order valence-electron chi connectivity index (χ0n) is 10.2. The molecule has 1 fully saturated rings. The number of aromatic nitrogens is 1. The largest absolute Gasteiger partial charge is 0.478 e. The molecule has 0 aliphatic heterocycles. The van der Waals surface area contributed by atoms with Crippen LogP contribution in [0.15, 0.2) is 12.1 Å². The molecule has 2 aromatic rings. The van der Waals surface area contributed by atoms with Crippen molar-refractivity contribution in [1.82, 2.24) is 4.98 Å². The van der Waals surface area contributed by atoms with Gasteiger partial charge in [-0.3, -0.25) is 4.98 Å². The summed E-state index contributed by atoms with van der Waals surface area (Å²) in [5.74, 6) is -2.63. The molecule has 1 saturated carbocycles. The van der Waals surface area contributed by atoms with Gasteiger partial charge in [-0.1, -0.05) is 0 Å². The summed E-state index contributed by atoms with van der Waals surface area (Å²) in [7, 11) is 0. The summed E-state index contributed by atoms with van der Waals surface area (Å²) in [4.78, 5) is 15.6. The van der Waals surface area contributed by atoms with E-state index >= 15 is 0 Å². The van der Waals surface area contributed by atoms with E-state index in [-0.39, 0.29) is 22.4 Å². The van der Waals surface area contributed by atoms with E-state index in [9.17, 15) is 18.7 Å². The van der Waals surface area contributed by atoms with Crippen molar-refractivity contribution in [3.63, 3.8) is 0 Å². The monoisotopic (exact) mass is 263 g/mol. The van der Waals surface area contributed by atoms with Gasteiger partial charge in [0.05, 0.1) is 16.5 Å². The molecule has 19 heavy (non-hydrogen) atoms. The van der Waals surface area contributed by atoms with Crippen LogP contribution in [0.1, 0.15) is 40.4 Å². The van der Waals surface area contributed by atoms with Crippen molar-refractivity contribution in [2.75, 3.05) is 0 Å². The van der Waals surface area contributed by atoms with Crippen LogP contribution in [0.25, 0.3) is 10.9 Å². The number of hydrogen-bond donors (Lipinski definition) is 1. The standard InChI is InChI=1S/C14H11F2NO2/c1-6-11(14(18)19)12-9(16)4-8(15)5-10(12)17-13(6)7-2-3-7/h4-5,7H,2-3H2,1H3,(H,18,19). The minimum Gasteiger partial charge on any atom is -0.478 e. The highest BCUT2D eigenvalue weighted by atomic mass is 19.1. The third-order valence-electron chi connectivity index (χ3n) is 3.46. The number of halogens is 2. The Kier molecular flexibility index (Phi) is 2.52. The second-order valence-corrected chi connectivity index (χ2v) is 4.86. The predicted octanol–water partition coefficient (Wildman–Crippen LogP) is 3.40. The van der Waals surface area contributed by atoms with Crippen LogP contribution in [-0.2, 0) is 0 Å². The van der Waals surface area contributed by atoms with Crippen molar-refractivity contribution in [2.45, 2.75) is 25.7 Å². The second-order valence-electron chi connectivity index (χ2n) is 4.86. The Morgan fingerprint density at radius 3 is 2.63 bits per heavy atom. The maximum Gasteiger partial charge on any atom is 0.336 e. The maximum atomic E-state index is 13.9. The van der Waals surface area contributed by atoms with Crippen LogP contribution < -0.4 is 0 Å². The minimum absolute atomic E-state index is 0.0717. The summed E-state index contributed by atoms with van der Waals surface area (Å²) in [6, 6.07) is 1.77. The number of carboxylic acids is 1. The molecule has 0 atom stereocenters. The average molecular weight is 263 g/mol. The van der Waals surface area contributed by atoms with Gasteiger partial charge in [-0.2, -0.15) is 0 Å². The third-order valence-corrected chi connectivity index (χ3v) is 3.46. The Morgan fingerprint density at radius 2 is 2.05 bits per heavy atom. The lowest BCUT2D eigenvalue weighted by molar-refractivity contribution is 0.0697. The first-order valence-electron chi connectivity index (χ1n) is 6.01. The zero-order chi connectivity index (χ0) is 13.7. The molecule has 1 N–H and O–H groups in total. The number of carbonyl (C=O) groups is 1. The molecule has 0 unspecified atom stereocenters. The fraction of sp³-hybridized carbons (Fsp3) is 0.286. The van der Waals surface area contributed by atoms with Crippen molar-refractivity contribution in [1.29, 1.82) is 0 Å². The molecule has 5 heteroatoms. The van der Waals surface area contributed by atoms with Crippen LogP contribution in [0.5, 0.6) is 0 Å². The van der Waals surface area contributed by atoms with Crippen molar-refractivity contribution >= 4 is 16.9 Å². The van der Waals surface area contributed by atoms with Crippen LogP contribution in [0, 0.1) is 18.6 Å². The van der Waals surface area contributed by atoms with Gasteiger partial charge < -0.3 is 5.11 Å². The summed E-state index contributed by atoms with van der Waals surface area (Å²) in [6.07, 6.45) is 1.88. The predicted molar refractivity (Wildman–Crippen MR) is 65.3 cm³/mol. The molecule has 1 aliphatic rings. The van der Waals surface area contributed by atoms with Crippen LogP contribution in [0.2, 0.25) is 0 Å². The number of rotatable bonds is 2. The Labute approximate surface area is 107 Å². The van der Waals surface area contributed by atoms with Crippen molar-refractivity contribution in [3.05, 3.63) is 40.6 Å². The molecule has 98 valence electrons. The Hall–Kier alpha value is -2.04. The summed E-state index contributed by atoms with van der Waals surface area (Å²) in [5.41, 5.74) is 1.09. The van der Waals surface area contributed by atoms with Gasteiger partial charge in [0, 0.05) is 23.7 Å². The highest BCUT2D eigenvalue weighted by Gasteiger charge is 2.30. The van der Waals surface area contributed by atoms with Gasteiger partial charge in [0.2, 0.25) is 0 Å². The number of fused-ring (bicyclic) bond motifs is 1. The van der Waals surface area contributed by atoms with Gasteiger partial charge in [-0.25, -0.2) is 13.6 Å². The minimum atomic E-state index is -1.21. The Morgan fingerprint density at radius 1 is 1.37 bits per heavy atom. The van der Waals surface area contributed by atoms with E-state index in [2.05, 4.69) is 4.98 Å². The summed E-state index contributed by atoms with van der Waals surface area (Å²) in [6.45, 7) is 1.63. The highest BCUT2D eigenvalue weighted by Crippen LogP contribution is 2.42. The van der Waals surface area contributed by atoms with Gasteiger partial charge in [0.1, 0.15) is 11.6 Å². The normalized spacial score (nSPS) is 14.9. The number of hydrogen-bond acceptors (Lipinski definition) is 2. The first-order chi connectivity index (χ1) is 8.99. The quantitative estimate of drug-likeness (QED) is 0.903. The summed E-state index contributed by atoms with van der Waals surface area (Å²) < 4.78 is 27.1. The van der Waals surface area contributed by atoms with E-state index in [0.29, 0.717) is 17.3 Å². The van der Waals surface area contributed by atoms with Crippen molar-refractivity contribution in [2.24, 2.45) is 0 Å². The van der Waals surface area contributed by atoms with Gasteiger partial charge in [-0.05, 0) is 25.3 Å². The second kappa shape index (κ2) is 3.98. The maximum absolute atomic E-state index is 13.9. The highest BCUT2D eigenvalue weighted by molar-refractivity contribution is 6.04. The lowest BCUT2D eigenvalue weighted by Gasteiger charge is -2.11. The molecule has 0 radical (unpaired) electrons. The van der Waals surface area contributed by atoms with Gasteiger partial charge in [0.15, 0.2) is 0 Å². The molecule has 0 spiro atoms. The van der Waals surface area contributed by atoms with E-state index < -0.39 is 17.6 Å². The van der Waals surface area contributed by atoms with Crippen molar-refractivity contribution < 1.29 is 18.7 Å². The first kappa shape index (κ1) is 12.0. The third kappa shape index (κ3) is 1.85. The van der Waals surface area contributed by atoms with Crippen LogP contribution >= 0.6 is 0 Å². The van der Waals surface area contributed by atoms with Crippen LogP contribution in [-0.4, -0.2) is 16.1 Å². The SMILES string of the molecule is Cc1c(C2CC2)nc2cc(F)cc(F)c2c1C(=O)O. The summed E-state index contributed by atoms with van der Waals surface area (Å²) >= 11 is 0. The molecule has 3 nitrogen and oxygen atoms in total. The van der Waals surface area contributed by atoms with E-state index in [1.807, 2.05) is 0 Å². The van der Waals surface area contributed by atoms with E-state index in [1.165, 1.54) is 0 Å². The number of pyridine rings is 1. The number of carboxylic acid groups (broad SMARTS) is 1. The molecule has 1 heterocycles. The molecule has 1 aromatic heterocycles. The average Bonchev–Trinajstić information content (AvgIpc) is 3.12.